The normalized spacial score (nSPS) is 15.0. The van der Waals surface area contributed by atoms with Gasteiger partial charge in [-0.15, -0.1) is 0 Å². The number of nitro benzene ring substituents is 1. The van der Waals surface area contributed by atoms with Crippen molar-refractivity contribution in [3.63, 3.8) is 0 Å². The van der Waals surface area contributed by atoms with E-state index in [1.807, 2.05) is 20.8 Å². The zero-order valence-electron chi connectivity index (χ0n) is 14.7. The lowest BCUT2D eigenvalue weighted by Gasteiger charge is -2.35. The minimum atomic E-state index is -0.542. The van der Waals surface area contributed by atoms with E-state index in [1.165, 1.54) is 12.1 Å². The highest BCUT2D eigenvalue weighted by Gasteiger charge is 2.27. The Morgan fingerprint density at radius 3 is 2.08 bits per heavy atom. The SMILES string of the molecule is CC(C)(C)OC(=O)N1CCN(C(=O)Cc2ccc([N+](=O)[O-])cc2)CC1. The molecule has 0 atom stereocenters. The van der Waals surface area contributed by atoms with Crippen LogP contribution >= 0.6 is 0 Å². The van der Waals surface area contributed by atoms with Crippen molar-refractivity contribution in [3.8, 4) is 0 Å². The molecular formula is C17H23N3O5. The highest BCUT2D eigenvalue weighted by atomic mass is 16.6. The van der Waals surface area contributed by atoms with E-state index < -0.39 is 10.5 Å². The van der Waals surface area contributed by atoms with E-state index >= 15 is 0 Å². The maximum Gasteiger partial charge on any atom is 0.410 e. The molecule has 136 valence electrons. The average molecular weight is 349 g/mol. The summed E-state index contributed by atoms with van der Waals surface area (Å²) in [4.78, 5) is 37.8. The number of rotatable bonds is 3. The molecule has 1 aliphatic heterocycles. The van der Waals surface area contributed by atoms with Gasteiger partial charge in [0, 0.05) is 38.3 Å². The number of non-ortho nitro benzene ring substituents is 1. The summed E-state index contributed by atoms with van der Waals surface area (Å²) < 4.78 is 5.33. The van der Waals surface area contributed by atoms with Crippen molar-refractivity contribution < 1.29 is 19.2 Å². The molecule has 1 aromatic rings. The van der Waals surface area contributed by atoms with Crippen LogP contribution in [0.4, 0.5) is 10.5 Å². The second-order valence-electron chi connectivity index (χ2n) is 6.95. The zero-order valence-corrected chi connectivity index (χ0v) is 14.7. The number of amides is 2. The van der Waals surface area contributed by atoms with E-state index in [0.717, 1.165) is 5.56 Å². The second-order valence-corrected chi connectivity index (χ2v) is 6.95. The summed E-state index contributed by atoms with van der Waals surface area (Å²) in [5.74, 6) is -0.0577. The number of nitro groups is 1. The van der Waals surface area contributed by atoms with Crippen LogP contribution in [-0.4, -0.2) is 58.5 Å². The lowest BCUT2D eigenvalue weighted by molar-refractivity contribution is -0.384. The summed E-state index contributed by atoms with van der Waals surface area (Å²) in [7, 11) is 0. The quantitative estimate of drug-likeness (QED) is 0.616. The van der Waals surface area contributed by atoms with Crippen LogP contribution < -0.4 is 0 Å². The zero-order chi connectivity index (χ0) is 18.6. The first kappa shape index (κ1) is 18.7. The van der Waals surface area contributed by atoms with Gasteiger partial charge in [-0.1, -0.05) is 12.1 Å². The van der Waals surface area contributed by atoms with Gasteiger partial charge in [0.2, 0.25) is 5.91 Å². The van der Waals surface area contributed by atoms with Crippen molar-refractivity contribution in [1.82, 2.24) is 9.80 Å². The molecule has 0 bridgehead atoms. The lowest BCUT2D eigenvalue weighted by Crippen LogP contribution is -2.51. The topological polar surface area (TPSA) is 93.0 Å². The van der Waals surface area contributed by atoms with E-state index in [4.69, 9.17) is 4.74 Å². The van der Waals surface area contributed by atoms with Crippen LogP contribution in [0.1, 0.15) is 26.3 Å². The fraction of sp³-hybridized carbons (Fsp3) is 0.529. The first-order chi connectivity index (χ1) is 11.7. The van der Waals surface area contributed by atoms with Gasteiger partial charge in [-0.05, 0) is 26.3 Å². The van der Waals surface area contributed by atoms with Crippen LogP contribution in [0.5, 0.6) is 0 Å². The monoisotopic (exact) mass is 349 g/mol. The van der Waals surface area contributed by atoms with Crippen molar-refractivity contribution in [3.05, 3.63) is 39.9 Å². The van der Waals surface area contributed by atoms with Gasteiger partial charge < -0.3 is 14.5 Å². The van der Waals surface area contributed by atoms with Crippen molar-refractivity contribution >= 4 is 17.7 Å². The minimum Gasteiger partial charge on any atom is -0.444 e. The molecule has 2 amide bonds. The number of benzene rings is 1. The maximum atomic E-state index is 12.3. The maximum absolute atomic E-state index is 12.3. The molecular weight excluding hydrogens is 326 g/mol. The van der Waals surface area contributed by atoms with Crippen LogP contribution in [0, 0.1) is 10.1 Å². The van der Waals surface area contributed by atoms with Gasteiger partial charge in [0.1, 0.15) is 5.60 Å². The summed E-state index contributed by atoms with van der Waals surface area (Å²) >= 11 is 0. The van der Waals surface area contributed by atoms with Crippen molar-refractivity contribution in [2.24, 2.45) is 0 Å². The summed E-state index contributed by atoms with van der Waals surface area (Å²) in [6, 6.07) is 5.96. The summed E-state index contributed by atoms with van der Waals surface area (Å²) in [5, 5.41) is 10.6. The first-order valence-corrected chi connectivity index (χ1v) is 8.15. The highest BCUT2D eigenvalue weighted by molar-refractivity contribution is 5.79. The third-order valence-electron chi connectivity index (χ3n) is 3.79. The number of hydrogen-bond acceptors (Lipinski definition) is 5. The molecule has 0 aliphatic carbocycles. The third-order valence-corrected chi connectivity index (χ3v) is 3.79. The predicted octanol–water partition coefficient (Wildman–Crippen LogP) is 2.22. The number of carbonyl (C=O) groups is 2. The van der Waals surface area contributed by atoms with Crippen LogP contribution in [0.3, 0.4) is 0 Å². The Balaban J connectivity index is 1.84. The van der Waals surface area contributed by atoms with Gasteiger partial charge in [-0.2, -0.15) is 0 Å². The molecule has 0 radical (unpaired) electrons. The number of ether oxygens (including phenoxy) is 1. The molecule has 1 saturated heterocycles. The van der Waals surface area contributed by atoms with E-state index in [2.05, 4.69) is 0 Å². The first-order valence-electron chi connectivity index (χ1n) is 8.15. The summed E-state index contributed by atoms with van der Waals surface area (Å²) in [6.45, 7) is 7.20. The molecule has 25 heavy (non-hydrogen) atoms. The van der Waals surface area contributed by atoms with Gasteiger partial charge in [-0.3, -0.25) is 14.9 Å². The molecule has 1 fully saturated rings. The Morgan fingerprint density at radius 2 is 1.60 bits per heavy atom. The molecule has 0 N–H and O–H groups in total. The Morgan fingerprint density at radius 1 is 1.08 bits per heavy atom. The molecule has 8 heteroatoms. The predicted molar refractivity (Wildman–Crippen MR) is 91.2 cm³/mol. The molecule has 0 spiro atoms. The van der Waals surface area contributed by atoms with Gasteiger partial charge in [0.05, 0.1) is 11.3 Å². The fourth-order valence-corrected chi connectivity index (χ4v) is 2.49. The molecule has 0 unspecified atom stereocenters. The van der Waals surface area contributed by atoms with E-state index in [0.29, 0.717) is 26.2 Å². The van der Waals surface area contributed by atoms with Crippen LogP contribution in [0.25, 0.3) is 0 Å². The Hall–Kier alpha value is -2.64. The Labute approximate surface area is 146 Å². The van der Waals surface area contributed by atoms with Gasteiger partial charge >= 0.3 is 6.09 Å². The van der Waals surface area contributed by atoms with Crippen molar-refractivity contribution in [1.29, 1.82) is 0 Å². The summed E-state index contributed by atoms with van der Waals surface area (Å²) in [6.07, 6.45) is -0.181. The molecule has 0 aromatic heterocycles. The average Bonchev–Trinajstić information content (AvgIpc) is 2.54. The smallest absolute Gasteiger partial charge is 0.410 e. The fourth-order valence-electron chi connectivity index (χ4n) is 2.49. The van der Waals surface area contributed by atoms with Gasteiger partial charge in [-0.25, -0.2) is 4.79 Å². The standard InChI is InChI=1S/C17H23N3O5/c1-17(2,3)25-16(22)19-10-8-18(9-11-19)15(21)12-13-4-6-14(7-5-13)20(23)24/h4-7H,8-12H2,1-3H3. The van der Waals surface area contributed by atoms with E-state index in [9.17, 15) is 19.7 Å². The van der Waals surface area contributed by atoms with Crippen LogP contribution in [0.15, 0.2) is 24.3 Å². The number of hydrogen-bond donors (Lipinski definition) is 0. The number of nitrogens with zero attached hydrogens (tertiary/aromatic N) is 3. The van der Waals surface area contributed by atoms with E-state index in [1.54, 1.807) is 21.9 Å². The minimum absolute atomic E-state index is 0.00201. The van der Waals surface area contributed by atoms with Crippen LogP contribution in [-0.2, 0) is 16.0 Å². The lowest BCUT2D eigenvalue weighted by atomic mass is 10.1. The molecule has 8 nitrogen and oxygen atoms in total. The van der Waals surface area contributed by atoms with Crippen molar-refractivity contribution in [2.45, 2.75) is 32.8 Å². The Kier molecular flexibility index (Phi) is 5.61. The summed E-state index contributed by atoms with van der Waals surface area (Å²) in [5.41, 5.74) is 0.187. The second kappa shape index (κ2) is 7.50. The molecule has 1 aromatic carbocycles. The van der Waals surface area contributed by atoms with Gasteiger partial charge in [0.25, 0.3) is 5.69 Å². The molecule has 0 saturated carbocycles. The van der Waals surface area contributed by atoms with E-state index in [-0.39, 0.29) is 24.1 Å². The van der Waals surface area contributed by atoms with Crippen molar-refractivity contribution in [2.75, 3.05) is 26.2 Å². The molecule has 2 rings (SSSR count). The molecule has 1 aliphatic rings. The van der Waals surface area contributed by atoms with Gasteiger partial charge in [0.15, 0.2) is 0 Å². The van der Waals surface area contributed by atoms with Crippen LogP contribution in [0.2, 0.25) is 0 Å². The molecule has 1 heterocycles. The largest absolute Gasteiger partial charge is 0.444 e. The number of carbonyl (C=O) groups excluding carboxylic acids is 2. The third kappa shape index (κ3) is 5.44. The Bertz CT molecular complexity index is 643. The number of piperazine rings is 1. The highest BCUT2D eigenvalue weighted by Crippen LogP contribution is 2.15.